The first-order valence-corrected chi connectivity index (χ1v) is 6.38. The maximum atomic E-state index is 10.3. The lowest BCUT2D eigenvalue weighted by atomic mass is 9.78. The van der Waals surface area contributed by atoms with E-state index in [0.717, 1.165) is 9.39 Å². The molecule has 0 aliphatic rings. The standard InChI is InChI=1S/C12H19IN2O/c1-11(2,3)12(4,16)8-15-10-6-5-9(13)7-14-10/h5-7,16H,8H2,1-4H3,(H,14,15). The van der Waals surface area contributed by atoms with Crippen molar-refractivity contribution in [1.82, 2.24) is 4.98 Å². The molecule has 0 spiro atoms. The quantitative estimate of drug-likeness (QED) is 0.836. The Morgan fingerprint density at radius 1 is 1.31 bits per heavy atom. The van der Waals surface area contributed by atoms with Crippen molar-refractivity contribution in [2.45, 2.75) is 33.3 Å². The first kappa shape index (κ1) is 13.7. The van der Waals surface area contributed by atoms with Crippen LogP contribution in [-0.4, -0.2) is 22.2 Å². The van der Waals surface area contributed by atoms with Crippen LogP contribution in [0.15, 0.2) is 18.3 Å². The van der Waals surface area contributed by atoms with Gasteiger partial charge in [0.1, 0.15) is 5.82 Å². The predicted molar refractivity (Wildman–Crippen MR) is 75.5 cm³/mol. The molecule has 0 aliphatic heterocycles. The fourth-order valence-electron chi connectivity index (χ4n) is 1.01. The van der Waals surface area contributed by atoms with Crippen molar-refractivity contribution in [2.75, 3.05) is 11.9 Å². The van der Waals surface area contributed by atoms with Crippen LogP contribution in [0.2, 0.25) is 0 Å². The summed E-state index contributed by atoms with van der Waals surface area (Å²) < 4.78 is 1.10. The van der Waals surface area contributed by atoms with E-state index in [9.17, 15) is 5.11 Å². The van der Waals surface area contributed by atoms with Gasteiger partial charge in [-0.2, -0.15) is 0 Å². The number of aromatic nitrogens is 1. The minimum atomic E-state index is -0.766. The predicted octanol–water partition coefficient (Wildman–Crippen LogP) is 2.90. The molecule has 0 amide bonds. The molecule has 1 heterocycles. The monoisotopic (exact) mass is 334 g/mol. The van der Waals surface area contributed by atoms with Crippen LogP contribution >= 0.6 is 22.6 Å². The molecule has 3 nitrogen and oxygen atoms in total. The number of nitrogens with zero attached hydrogens (tertiary/aromatic N) is 1. The molecule has 0 radical (unpaired) electrons. The lowest BCUT2D eigenvalue weighted by Crippen LogP contribution is -2.45. The highest BCUT2D eigenvalue weighted by molar-refractivity contribution is 14.1. The molecule has 1 aromatic heterocycles. The SMILES string of the molecule is CC(C)(C)C(C)(O)CNc1ccc(I)cn1. The van der Waals surface area contributed by atoms with Crippen molar-refractivity contribution in [1.29, 1.82) is 0 Å². The molecular formula is C12H19IN2O. The zero-order valence-electron chi connectivity index (χ0n) is 10.2. The van der Waals surface area contributed by atoms with E-state index in [1.807, 2.05) is 39.8 Å². The molecule has 0 bridgehead atoms. The summed E-state index contributed by atoms with van der Waals surface area (Å²) >= 11 is 2.21. The van der Waals surface area contributed by atoms with E-state index in [2.05, 4.69) is 32.9 Å². The Kier molecular flexibility index (Phi) is 4.17. The smallest absolute Gasteiger partial charge is 0.126 e. The van der Waals surface area contributed by atoms with Gasteiger partial charge in [-0.1, -0.05) is 20.8 Å². The maximum Gasteiger partial charge on any atom is 0.126 e. The average molecular weight is 334 g/mol. The Bertz CT molecular complexity index is 341. The Morgan fingerprint density at radius 2 is 1.94 bits per heavy atom. The highest BCUT2D eigenvalue weighted by Gasteiger charge is 2.34. The topological polar surface area (TPSA) is 45.1 Å². The summed E-state index contributed by atoms with van der Waals surface area (Å²) in [4.78, 5) is 4.23. The van der Waals surface area contributed by atoms with Crippen LogP contribution in [0.4, 0.5) is 5.82 Å². The fraction of sp³-hybridized carbons (Fsp3) is 0.583. The molecule has 1 unspecified atom stereocenters. The minimum absolute atomic E-state index is 0.163. The molecule has 0 aromatic carbocycles. The van der Waals surface area contributed by atoms with E-state index in [0.29, 0.717) is 6.54 Å². The largest absolute Gasteiger partial charge is 0.388 e. The van der Waals surface area contributed by atoms with Crippen molar-refractivity contribution in [3.8, 4) is 0 Å². The number of pyridine rings is 1. The summed E-state index contributed by atoms with van der Waals surface area (Å²) in [6.07, 6.45) is 1.80. The van der Waals surface area contributed by atoms with Gasteiger partial charge in [0.25, 0.3) is 0 Å². The molecule has 2 N–H and O–H groups in total. The van der Waals surface area contributed by atoms with Gasteiger partial charge in [-0.25, -0.2) is 4.98 Å². The van der Waals surface area contributed by atoms with E-state index in [1.165, 1.54) is 0 Å². The Labute approximate surface area is 111 Å². The summed E-state index contributed by atoms with van der Waals surface area (Å²) in [5.74, 6) is 0.796. The van der Waals surface area contributed by atoms with Crippen LogP contribution in [-0.2, 0) is 0 Å². The van der Waals surface area contributed by atoms with Crippen molar-refractivity contribution >= 4 is 28.4 Å². The third-order valence-electron chi connectivity index (χ3n) is 2.96. The van der Waals surface area contributed by atoms with Crippen LogP contribution in [0.25, 0.3) is 0 Å². The number of nitrogens with one attached hydrogen (secondary N) is 1. The zero-order valence-corrected chi connectivity index (χ0v) is 12.4. The molecule has 0 fully saturated rings. The summed E-state index contributed by atoms with van der Waals surface area (Å²) in [6, 6.07) is 3.90. The lowest BCUT2D eigenvalue weighted by Gasteiger charge is -2.37. The summed E-state index contributed by atoms with van der Waals surface area (Å²) in [6.45, 7) is 8.40. The van der Waals surface area contributed by atoms with Gasteiger partial charge in [0.15, 0.2) is 0 Å². The van der Waals surface area contributed by atoms with Gasteiger partial charge in [-0.15, -0.1) is 0 Å². The van der Waals surface area contributed by atoms with E-state index in [-0.39, 0.29) is 5.41 Å². The minimum Gasteiger partial charge on any atom is -0.388 e. The number of hydrogen-bond donors (Lipinski definition) is 2. The number of anilines is 1. The maximum absolute atomic E-state index is 10.3. The van der Waals surface area contributed by atoms with E-state index in [1.54, 1.807) is 6.20 Å². The first-order valence-electron chi connectivity index (χ1n) is 5.30. The molecule has 0 aliphatic carbocycles. The average Bonchev–Trinajstić information content (AvgIpc) is 2.15. The Balaban J connectivity index is 2.61. The summed E-state index contributed by atoms with van der Waals surface area (Å²) in [5, 5.41) is 13.4. The molecule has 1 aromatic rings. The van der Waals surface area contributed by atoms with Crippen molar-refractivity contribution < 1.29 is 5.11 Å². The van der Waals surface area contributed by atoms with Crippen LogP contribution in [0, 0.1) is 8.99 Å². The molecular weight excluding hydrogens is 315 g/mol. The second kappa shape index (κ2) is 4.87. The number of halogens is 1. The normalized spacial score (nSPS) is 15.6. The third kappa shape index (κ3) is 3.59. The molecule has 0 saturated carbocycles. The fourth-order valence-corrected chi connectivity index (χ4v) is 1.33. The molecule has 1 atom stereocenters. The van der Waals surface area contributed by atoms with Gasteiger partial charge in [0, 0.05) is 16.3 Å². The third-order valence-corrected chi connectivity index (χ3v) is 3.59. The highest BCUT2D eigenvalue weighted by atomic mass is 127. The number of aliphatic hydroxyl groups is 1. The molecule has 90 valence electrons. The van der Waals surface area contributed by atoms with Crippen molar-refractivity contribution in [3.05, 3.63) is 21.9 Å². The van der Waals surface area contributed by atoms with E-state index >= 15 is 0 Å². The second-order valence-corrected chi connectivity index (χ2v) is 6.48. The Hall–Kier alpha value is -0.360. The molecule has 1 rings (SSSR count). The van der Waals surface area contributed by atoms with Gasteiger partial charge >= 0.3 is 0 Å². The van der Waals surface area contributed by atoms with Crippen LogP contribution < -0.4 is 5.32 Å². The van der Waals surface area contributed by atoms with Crippen LogP contribution in [0.3, 0.4) is 0 Å². The molecule has 16 heavy (non-hydrogen) atoms. The summed E-state index contributed by atoms with van der Waals surface area (Å²) in [7, 11) is 0. The Morgan fingerprint density at radius 3 is 2.38 bits per heavy atom. The molecule has 0 saturated heterocycles. The first-order chi connectivity index (χ1) is 7.22. The van der Waals surface area contributed by atoms with E-state index in [4.69, 9.17) is 0 Å². The zero-order chi connectivity index (χ0) is 12.4. The highest BCUT2D eigenvalue weighted by Crippen LogP contribution is 2.29. The van der Waals surface area contributed by atoms with Crippen molar-refractivity contribution in [3.63, 3.8) is 0 Å². The van der Waals surface area contributed by atoms with Crippen molar-refractivity contribution in [2.24, 2.45) is 5.41 Å². The summed E-state index contributed by atoms with van der Waals surface area (Å²) in [5.41, 5.74) is -0.930. The van der Waals surface area contributed by atoms with Gasteiger partial charge in [-0.3, -0.25) is 0 Å². The number of hydrogen-bond acceptors (Lipinski definition) is 3. The van der Waals surface area contributed by atoms with Gasteiger partial charge < -0.3 is 10.4 Å². The van der Waals surface area contributed by atoms with Gasteiger partial charge in [0.05, 0.1) is 5.60 Å². The van der Waals surface area contributed by atoms with Crippen LogP contribution in [0.5, 0.6) is 0 Å². The number of rotatable bonds is 3. The van der Waals surface area contributed by atoms with E-state index < -0.39 is 5.60 Å². The van der Waals surface area contributed by atoms with Gasteiger partial charge in [-0.05, 0) is 47.1 Å². The van der Waals surface area contributed by atoms with Crippen LogP contribution in [0.1, 0.15) is 27.7 Å². The van der Waals surface area contributed by atoms with Gasteiger partial charge in [0.2, 0.25) is 0 Å². The molecule has 4 heteroatoms. The second-order valence-electron chi connectivity index (χ2n) is 5.24. The lowest BCUT2D eigenvalue weighted by molar-refractivity contribution is -0.0290.